The summed E-state index contributed by atoms with van der Waals surface area (Å²) in [5.41, 5.74) is 1.96. The molecule has 2 N–H and O–H groups in total. The third-order valence-corrected chi connectivity index (χ3v) is 4.67. The summed E-state index contributed by atoms with van der Waals surface area (Å²) in [6.07, 6.45) is 2.28. The summed E-state index contributed by atoms with van der Waals surface area (Å²) < 4.78 is 0. The Kier molecular flexibility index (Phi) is 3.68. The Morgan fingerprint density at radius 1 is 1.29 bits per heavy atom. The number of carbonyl (C=O) groups is 2. The number of likely N-dealkylation sites (tertiary alicyclic amines) is 1. The third kappa shape index (κ3) is 2.53. The molecule has 1 saturated heterocycles. The van der Waals surface area contributed by atoms with Crippen LogP contribution in [0.1, 0.15) is 31.2 Å². The van der Waals surface area contributed by atoms with Gasteiger partial charge in [-0.1, -0.05) is 18.2 Å². The fourth-order valence-corrected chi connectivity index (χ4v) is 3.54. The number of aliphatic hydroxyl groups is 1. The standard InChI is InChI=1S/C16H20N2O3/c19-10-5-15(21)18-8-6-16(7-9-18)11-14(20)17-13-4-2-1-3-12(13)16/h1-4,19H,5-11H2,(H,17,20). The molecule has 2 aliphatic heterocycles. The molecular formula is C16H20N2O3. The Labute approximate surface area is 123 Å². The first kappa shape index (κ1) is 14.1. The molecular weight excluding hydrogens is 268 g/mol. The fourth-order valence-electron chi connectivity index (χ4n) is 3.54. The van der Waals surface area contributed by atoms with E-state index in [1.807, 2.05) is 18.2 Å². The molecule has 0 aliphatic carbocycles. The lowest BCUT2D eigenvalue weighted by Crippen LogP contribution is -2.48. The molecule has 1 aromatic carbocycles. The van der Waals surface area contributed by atoms with E-state index in [2.05, 4.69) is 11.4 Å². The van der Waals surface area contributed by atoms with Gasteiger partial charge in [0.15, 0.2) is 0 Å². The highest BCUT2D eigenvalue weighted by Crippen LogP contribution is 2.44. The van der Waals surface area contributed by atoms with Crippen molar-refractivity contribution in [1.82, 2.24) is 4.90 Å². The summed E-state index contributed by atoms with van der Waals surface area (Å²) in [7, 11) is 0. The average molecular weight is 288 g/mol. The second kappa shape index (κ2) is 5.48. The van der Waals surface area contributed by atoms with Crippen molar-refractivity contribution in [2.45, 2.75) is 31.1 Å². The number of aliphatic hydroxyl groups excluding tert-OH is 1. The molecule has 0 saturated carbocycles. The molecule has 0 bridgehead atoms. The summed E-state index contributed by atoms with van der Waals surface area (Å²) >= 11 is 0. The van der Waals surface area contributed by atoms with Gasteiger partial charge in [0, 0.05) is 37.0 Å². The molecule has 1 aromatic rings. The van der Waals surface area contributed by atoms with Crippen LogP contribution in [-0.2, 0) is 15.0 Å². The predicted molar refractivity (Wildman–Crippen MR) is 78.9 cm³/mol. The number of amides is 2. The van der Waals surface area contributed by atoms with Crippen molar-refractivity contribution in [2.24, 2.45) is 0 Å². The van der Waals surface area contributed by atoms with E-state index >= 15 is 0 Å². The van der Waals surface area contributed by atoms with Crippen LogP contribution in [0.3, 0.4) is 0 Å². The molecule has 2 heterocycles. The minimum atomic E-state index is -0.144. The van der Waals surface area contributed by atoms with Gasteiger partial charge in [-0.15, -0.1) is 0 Å². The van der Waals surface area contributed by atoms with E-state index < -0.39 is 0 Å². The highest BCUT2D eigenvalue weighted by atomic mass is 16.3. The van der Waals surface area contributed by atoms with Gasteiger partial charge in [0.1, 0.15) is 0 Å². The van der Waals surface area contributed by atoms with E-state index in [1.165, 1.54) is 5.56 Å². The van der Waals surface area contributed by atoms with Crippen LogP contribution in [0.25, 0.3) is 0 Å². The highest BCUT2D eigenvalue weighted by Gasteiger charge is 2.42. The first-order valence-electron chi connectivity index (χ1n) is 7.43. The Morgan fingerprint density at radius 2 is 2.00 bits per heavy atom. The van der Waals surface area contributed by atoms with Crippen molar-refractivity contribution in [3.05, 3.63) is 29.8 Å². The van der Waals surface area contributed by atoms with Crippen LogP contribution in [0.15, 0.2) is 24.3 Å². The van der Waals surface area contributed by atoms with Gasteiger partial charge in [0.25, 0.3) is 0 Å². The number of anilines is 1. The summed E-state index contributed by atoms with van der Waals surface area (Å²) in [5, 5.41) is 11.8. The van der Waals surface area contributed by atoms with Gasteiger partial charge >= 0.3 is 0 Å². The Hall–Kier alpha value is -1.88. The third-order valence-electron chi connectivity index (χ3n) is 4.67. The summed E-state index contributed by atoms with van der Waals surface area (Å²) in [4.78, 5) is 25.7. The Bertz CT molecular complexity index is 562. The summed E-state index contributed by atoms with van der Waals surface area (Å²) in [6.45, 7) is 1.20. The van der Waals surface area contributed by atoms with E-state index in [9.17, 15) is 9.59 Å². The fraction of sp³-hybridized carbons (Fsp3) is 0.500. The van der Waals surface area contributed by atoms with Crippen LogP contribution in [-0.4, -0.2) is 41.5 Å². The van der Waals surface area contributed by atoms with Gasteiger partial charge in [-0.2, -0.15) is 0 Å². The van der Waals surface area contributed by atoms with Gasteiger partial charge in [-0.3, -0.25) is 9.59 Å². The van der Waals surface area contributed by atoms with E-state index in [4.69, 9.17) is 5.11 Å². The SMILES string of the molecule is O=C1CC2(CCN(C(=O)CCO)CC2)c2ccccc2N1. The van der Waals surface area contributed by atoms with E-state index in [-0.39, 0.29) is 30.3 Å². The van der Waals surface area contributed by atoms with Gasteiger partial charge in [0.2, 0.25) is 11.8 Å². The maximum atomic E-state index is 12.0. The lowest BCUT2D eigenvalue weighted by Gasteiger charge is -2.44. The van der Waals surface area contributed by atoms with E-state index in [1.54, 1.807) is 4.90 Å². The molecule has 5 nitrogen and oxygen atoms in total. The topological polar surface area (TPSA) is 69.6 Å². The van der Waals surface area contributed by atoms with Crippen molar-refractivity contribution in [3.63, 3.8) is 0 Å². The molecule has 112 valence electrons. The van der Waals surface area contributed by atoms with Crippen LogP contribution in [0.5, 0.6) is 0 Å². The monoisotopic (exact) mass is 288 g/mol. The predicted octanol–water partition coefficient (Wildman–Crippen LogP) is 1.27. The van der Waals surface area contributed by atoms with Crippen molar-refractivity contribution in [2.75, 3.05) is 25.0 Å². The minimum absolute atomic E-state index is 0.000830. The van der Waals surface area contributed by atoms with Crippen molar-refractivity contribution >= 4 is 17.5 Å². The number of carbonyl (C=O) groups excluding carboxylic acids is 2. The smallest absolute Gasteiger partial charge is 0.225 e. The maximum absolute atomic E-state index is 12.0. The largest absolute Gasteiger partial charge is 0.396 e. The first-order chi connectivity index (χ1) is 10.1. The number of hydrogen-bond acceptors (Lipinski definition) is 3. The van der Waals surface area contributed by atoms with Crippen LogP contribution >= 0.6 is 0 Å². The molecule has 3 rings (SSSR count). The van der Waals surface area contributed by atoms with Crippen molar-refractivity contribution in [3.8, 4) is 0 Å². The number of nitrogens with one attached hydrogen (secondary N) is 1. The van der Waals surface area contributed by atoms with Crippen molar-refractivity contribution in [1.29, 1.82) is 0 Å². The molecule has 1 spiro atoms. The molecule has 0 atom stereocenters. The number of rotatable bonds is 2. The molecule has 1 fully saturated rings. The number of hydrogen-bond donors (Lipinski definition) is 2. The van der Waals surface area contributed by atoms with Gasteiger partial charge in [0.05, 0.1) is 6.61 Å². The molecule has 5 heteroatoms. The zero-order chi connectivity index (χ0) is 14.9. The Morgan fingerprint density at radius 3 is 2.71 bits per heavy atom. The first-order valence-corrected chi connectivity index (χ1v) is 7.43. The number of para-hydroxylation sites is 1. The highest BCUT2D eigenvalue weighted by molar-refractivity contribution is 5.95. The van der Waals surface area contributed by atoms with Crippen LogP contribution in [0.4, 0.5) is 5.69 Å². The van der Waals surface area contributed by atoms with E-state index in [0.717, 1.165) is 18.5 Å². The summed E-state index contributed by atoms with van der Waals surface area (Å²) in [5.74, 6) is 0.0599. The van der Waals surface area contributed by atoms with Gasteiger partial charge < -0.3 is 15.3 Å². The molecule has 0 unspecified atom stereocenters. The molecule has 2 aliphatic rings. The molecule has 2 amide bonds. The van der Waals surface area contributed by atoms with Crippen LogP contribution < -0.4 is 5.32 Å². The lowest BCUT2D eigenvalue weighted by molar-refractivity contribution is -0.133. The number of piperidine rings is 1. The molecule has 0 aromatic heterocycles. The number of nitrogens with zero attached hydrogens (tertiary/aromatic N) is 1. The molecule has 21 heavy (non-hydrogen) atoms. The zero-order valence-corrected chi connectivity index (χ0v) is 12.0. The van der Waals surface area contributed by atoms with Crippen LogP contribution in [0, 0.1) is 0 Å². The normalized spacial score (nSPS) is 20.0. The average Bonchev–Trinajstić information content (AvgIpc) is 2.48. The van der Waals surface area contributed by atoms with Gasteiger partial charge in [-0.25, -0.2) is 0 Å². The van der Waals surface area contributed by atoms with Gasteiger partial charge in [-0.05, 0) is 24.5 Å². The lowest BCUT2D eigenvalue weighted by atomic mass is 9.68. The summed E-state index contributed by atoms with van der Waals surface area (Å²) in [6, 6.07) is 7.96. The number of benzene rings is 1. The Balaban J connectivity index is 1.81. The second-order valence-electron chi connectivity index (χ2n) is 5.91. The quantitative estimate of drug-likeness (QED) is 0.861. The number of fused-ring (bicyclic) bond motifs is 2. The second-order valence-corrected chi connectivity index (χ2v) is 5.91. The zero-order valence-electron chi connectivity index (χ0n) is 12.0. The maximum Gasteiger partial charge on any atom is 0.225 e. The van der Waals surface area contributed by atoms with E-state index in [0.29, 0.717) is 19.5 Å². The van der Waals surface area contributed by atoms with Crippen LogP contribution in [0.2, 0.25) is 0 Å². The minimum Gasteiger partial charge on any atom is -0.396 e. The van der Waals surface area contributed by atoms with Crippen molar-refractivity contribution < 1.29 is 14.7 Å². The molecule has 0 radical (unpaired) electrons.